The second kappa shape index (κ2) is 6.34. The van der Waals surface area contributed by atoms with E-state index in [9.17, 15) is 4.39 Å². The minimum absolute atomic E-state index is 0.258. The number of rotatable bonds is 5. The molecule has 0 fully saturated rings. The van der Waals surface area contributed by atoms with Crippen LogP contribution in [0.2, 0.25) is 0 Å². The molecule has 0 spiro atoms. The van der Waals surface area contributed by atoms with Gasteiger partial charge in [-0.15, -0.1) is 0 Å². The van der Waals surface area contributed by atoms with Crippen molar-refractivity contribution in [3.8, 4) is 11.3 Å². The number of halogens is 1. The maximum atomic E-state index is 13.1. The zero-order valence-corrected chi connectivity index (χ0v) is 13.3. The largest absolute Gasteiger partial charge is 0.370 e. The standard InChI is InChI=1S/C17H20FN5/c1-11-12(2)21-16-10-15(13-4-6-14(18)7-5-13)22-23(16)17(11)20-9-3-8-19/h4-7,10,20H,3,8-9,19H2,1-2H3. The van der Waals surface area contributed by atoms with Crippen molar-refractivity contribution in [3.05, 3.63) is 47.4 Å². The number of hydrogen-bond donors (Lipinski definition) is 2. The summed E-state index contributed by atoms with van der Waals surface area (Å²) in [6.45, 7) is 5.42. The highest BCUT2D eigenvalue weighted by Crippen LogP contribution is 2.24. The number of anilines is 1. The summed E-state index contributed by atoms with van der Waals surface area (Å²) in [6, 6.07) is 8.22. The zero-order chi connectivity index (χ0) is 16.4. The van der Waals surface area contributed by atoms with Gasteiger partial charge in [0.25, 0.3) is 0 Å². The van der Waals surface area contributed by atoms with E-state index in [0.29, 0.717) is 6.54 Å². The summed E-state index contributed by atoms with van der Waals surface area (Å²) in [5.41, 5.74) is 9.97. The maximum Gasteiger partial charge on any atom is 0.158 e. The highest BCUT2D eigenvalue weighted by molar-refractivity contribution is 5.66. The van der Waals surface area contributed by atoms with Gasteiger partial charge in [-0.3, -0.25) is 0 Å². The Bertz CT molecular complexity index is 823. The summed E-state index contributed by atoms with van der Waals surface area (Å²) in [4.78, 5) is 4.59. The Hall–Kier alpha value is -2.47. The Morgan fingerprint density at radius 1 is 1.22 bits per heavy atom. The summed E-state index contributed by atoms with van der Waals surface area (Å²) in [6.07, 6.45) is 0.883. The van der Waals surface area contributed by atoms with Crippen LogP contribution in [0.4, 0.5) is 10.2 Å². The molecule has 3 rings (SSSR count). The van der Waals surface area contributed by atoms with Crippen molar-refractivity contribution in [3.63, 3.8) is 0 Å². The Labute approximate surface area is 134 Å². The zero-order valence-electron chi connectivity index (χ0n) is 13.3. The fourth-order valence-corrected chi connectivity index (χ4v) is 2.48. The topological polar surface area (TPSA) is 68.2 Å². The molecule has 0 atom stereocenters. The van der Waals surface area contributed by atoms with Crippen LogP contribution in [0.5, 0.6) is 0 Å². The van der Waals surface area contributed by atoms with E-state index in [2.05, 4.69) is 15.4 Å². The van der Waals surface area contributed by atoms with Crippen LogP contribution in [0.25, 0.3) is 16.9 Å². The molecule has 0 saturated heterocycles. The lowest BCUT2D eigenvalue weighted by Crippen LogP contribution is -2.13. The third kappa shape index (κ3) is 3.03. The van der Waals surface area contributed by atoms with E-state index in [1.54, 1.807) is 16.6 Å². The van der Waals surface area contributed by atoms with Crippen LogP contribution >= 0.6 is 0 Å². The second-order valence-electron chi connectivity index (χ2n) is 5.55. The van der Waals surface area contributed by atoms with Gasteiger partial charge in [-0.2, -0.15) is 9.61 Å². The summed E-state index contributed by atoms with van der Waals surface area (Å²) >= 11 is 0. The first kappa shape index (κ1) is 15.4. The van der Waals surface area contributed by atoms with Crippen LogP contribution in [0.3, 0.4) is 0 Å². The van der Waals surface area contributed by atoms with Crippen molar-refractivity contribution in [2.24, 2.45) is 5.73 Å². The minimum Gasteiger partial charge on any atom is -0.370 e. The molecule has 2 heterocycles. The van der Waals surface area contributed by atoms with Gasteiger partial charge in [0, 0.05) is 29.4 Å². The maximum absolute atomic E-state index is 13.1. The van der Waals surface area contributed by atoms with E-state index in [0.717, 1.165) is 46.9 Å². The van der Waals surface area contributed by atoms with E-state index in [1.807, 2.05) is 19.9 Å². The Balaban J connectivity index is 2.07. The average Bonchev–Trinajstić information content (AvgIpc) is 2.95. The average molecular weight is 313 g/mol. The highest BCUT2D eigenvalue weighted by Gasteiger charge is 2.13. The molecule has 3 N–H and O–H groups in total. The van der Waals surface area contributed by atoms with Crippen molar-refractivity contribution in [1.82, 2.24) is 14.6 Å². The summed E-state index contributed by atoms with van der Waals surface area (Å²) in [7, 11) is 0. The molecule has 6 heteroatoms. The molecule has 0 aliphatic carbocycles. The second-order valence-corrected chi connectivity index (χ2v) is 5.55. The summed E-state index contributed by atoms with van der Waals surface area (Å²) in [5, 5.41) is 8.02. The number of nitrogens with one attached hydrogen (secondary N) is 1. The Morgan fingerprint density at radius 2 is 1.96 bits per heavy atom. The highest BCUT2D eigenvalue weighted by atomic mass is 19.1. The van der Waals surface area contributed by atoms with Gasteiger partial charge in [-0.25, -0.2) is 9.37 Å². The van der Waals surface area contributed by atoms with Crippen molar-refractivity contribution < 1.29 is 4.39 Å². The van der Waals surface area contributed by atoms with Crippen LogP contribution in [0.1, 0.15) is 17.7 Å². The number of aromatic nitrogens is 3. The van der Waals surface area contributed by atoms with Crippen molar-refractivity contribution >= 4 is 11.5 Å². The molecule has 120 valence electrons. The normalized spacial score (nSPS) is 11.1. The quantitative estimate of drug-likeness (QED) is 0.711. The molecule has 0 unspecified atom stereocenters. The molecular weight excluding hydrogens is 293 g/mol. The van der Waals surface area contributed by atoms with E-state index in [1.165, 1.54) is 12.1 Å². The van der Waals surface area contributed by atoms with E-state index >= 15 is 0 Å². The Kier molecular flexibility index (Phi) is 4.25. The number of benzene rings is 1. The van der Waals surface area contributed by atoms with Gasteiger partial charge in [-0.1, -0.05) is 0 Å². The number of aryl methyl sites for hydroxylation is 1. The number of fused-ring (bicyclic) bond motifs is 1. The van der Waals surface area contributed by atoms with Crippen molar-refractivity contribution in [2.45, 2.75) is 20.3 Å². The van der Waals surface area contributed by atoms with Gasteiger partial charge in [0.15, 0.2) is 5.65 Å². The number of nitrogens with zero attached hydrogens (tertiary/aromatic N) is 3. The summed E-state index contributed by atoms with van der Waals surface area (Å²) < 4.78 is 14.9. The van der Waals surface area contributed by atoms with E-state index in [4.69, 9.17) is 5.73 Å². The van der Waals surface area contributed by atoms with Crippen LogP contribution in [0.15, 0.2) is 30.3 Å². The van der Waals surface area contributed by atoms with Crippen LogP contribution < -0.4 is 11.1 Å². The monoisotopic (exact) mass is 313 g/mol. The molecule has 1 aromatic carbocycles. The number of nitrogens with two attached hydrogens (primary N) is 1. The van der Waals surface area contributed by atoms with Gasteiger partial charge in [0.1, 0.15) is 11.6 Å². The molecule has 0 aliphatic rings. The molecule has 0 aliphatic heterocycles. The predicted molar refractivity (Wildman–Crippen MR) is 90.0 cm³/mol. The molecule has 2 aromatic heterocycles. The van der Waals surface area contributed by atoms with Gasteiger partial charge in [0.2, 0.25) is 0 Å². The first-order valence-electron chi connectivity index (χ1n) is 7.67. The predicted octanol–water partition coefficient (Wildman–Crippen LogP) is 2.91. The first-order chi connectivity index (χ1) is 11.1. The molecule has 23 heavy (non-hydrogen) atoms. The smallest absolute Gasteiger partial charge is 0.158 e. The fourth-order valence-electron chi connectivity index (χ4n) is 2.48. The van der Waals surface area contributed by atoms with Crippen molar-refractivity contribution in [2.75, 3.05) is 18.4 Å². The van der Waals surface area contributed by atoms with Gasteiger partial charge in [-0.05, 0) is 51.1 Å². The lowest BCUT2D eigenvalue weighted by Gasteiger charge is -2.12. The van der Waals surface area contributed by atoms with Crippen LogP contribution in [0, 0.1) is 19.7 Å². The fraction of sp³-hybridized carbons (Fsp3) is 0.294. The molecule has 0 radical (unpaired) electrons. The SMILES string of the molecule is Cc1nc2cc(-c3ccc(F)cc3)nn2c(NCCCN)c1C. The molecule has 0 amide bonds. The molecular formula is C17H20FN5. The van der Waals surface area contributed by atoms with Gasteiger partial charge >= 0.3 is 0 Å². The molecule has 0 saturated carbocycles. The molecule has 3 aromatic rings. The first-order valence-corrected chi connectivity index (χ1v) is 7.67. The lowest BCUT2D eigenvalue weighted by molar-refractivity contribution is 0.628. The third-order valence-corrected chi connectivity index (χ3v) is 3.90. The van der Waals surface area contributed by atoms with Gasteiger partial charge in [0.05, 0.1) is 5.69 Å². The lowest BCUT2D eigenvalue weighted by atomic mass is 10.1. The van der Waals surface area contributed by atoms with E-state index in [-0.39, 0.29) is 5.82 Å². The van der Waals surface area contributed by atoms with Crippen LogP contribution in [-0.4, -0.2) is 27.7 Å². The van der Waals surface area contributed by atoms with Crippen molar-refractivity contribution in [1.29, 1.82) is 0 Å². The number of hydrogen-bond acceptors (Lipinski definition) is 4. The molecule has 5 nitrogen and oxygen atoms in total. The summed E-state index contributed by atoms with van der Waals surface area (Å²) in [5.74, 6) is 0.667. The third-order valence-electron chi connectivity index (χ3n) is 3.90. The van der Waals surface area contributed by atoms with E-state index < -0.39 is 0 Å². The Morgan fingerprint density at radius 3 is 2.65 bits per heavy atom. The molecule has 0 bridgehead atoms. The minimum atomic E-state index is -0.258. The van der Waals surface area contributed by atoms with Crippen LogP contribution in [-0.2, 0) is 0 Å². The van der Waals surface area contributed by atoms with Gasteiger partial charge < -0.3 is 11.1 Å².